The van der Waals surface area contributed by atoms with Gasteiger partial charge in [0.15, 0.2) is 0 Å². The van der Waals surface area contributed by atoms with E-state index in [1.165, 1.54) is 29.2 Å². The van der Waals surface area contributed by atoms with Gasteiger partial charge in [-0.3, -0.25) is 4.79 Å². The van der Waals surface area contributed by atoms with Gasteiger partial charge in [-0.1, -0.05) is 5.16 Å². The molecule has 1 aromatic carbocycles. The molecule has 1 saturated heterocycles. The van der Waals surface area contributed by atoms with Gasteiger partial charge in [0.1, 0.15) is 0 Å². The standard InChI is InChI=1S/C16H15F3N4O4/c17-16(18,19)14-21-12(22-27-14)9-1-3-11(4-2-9)20-15(26)23-7-5-10(6-8-23)13(24)25/h1-4,10H,5-8H2,(H,20,26)(H,24,25). The maximum Gasteiger partial charge on any atom is 0.471 e. The fraction of sp³-hybridized carbons (Fsp3) is 0.375. The Hall–Kier alpha value is -3.11. The first-order valence-corrected chi connectivity index (χ1v) is 8.04. The lowest BCUT2D eigenvalue weighted by atomic mass is 9.97. The van der Waals surface area contributed by atoms with Gasteiger partial charge < -0.3 is 19.8 Å². The van der Waals surface area contributed by atoms with Gasteiger partial charge in [0.25, 0.3) is 0 Å². The third kappa shape index (κ3) is 4.36. The molecule has 8 nitrogen and oxygen atoms in total. The van der Waals surface area contributed by atoms with Crippen LogP contribution in [0.25, 0.3) is 11.4 Å². The van der Waals surface area contributed by atoms with E-state index in [1.54, 1.807) is 0 Å². The average molecular weight is 384 g/mol. The number of urea groups is 1. The molecule has 0 atom stereocenters. The lowest BCUT2D eigenvalue weighted by Crippen LogP contribution is -2.42. The summed E-state index contributed by atoms with van der Waals surface area (Å²) >= 11 is 0. The summed E-state index contributed by atoms with van der Waals surface area (Å²) in [4.78, 5) is 28.0. The minimum Gasteiger partial charge on any atom is -0.481 e. The number of piperidine rings is 1. The van der Waals surface area contributed by atoms with E-state index >= 15 is 0 Å². The normalized spacial score (nSPS) is 15.6. The van der Waals surface area contributed by atoms with Crippen LogP contribution in [0.15, 0.2) is 28.8 Å². The van der Waals surface area contributed by atoms with Gasteiger partial charge >= 0.3 is 24.1 Å². The van der Waals surface area contributed by atoms with E-state index in [0.717, 1.165) is 0 Å². The summed E-state index contributed by atoms with van der Waals surface area (Å²) in [6, 6.07) is 5.54. The minimum absolute atomic E-state index is 0.212. The summed E-state index contributed by atoms with van der Waals surface area (Å²) in [5, 5.41) is 14.9. The Morgan fingerprint density at radius 2 is 1.81 bits per heavy atom. The van der Waals surface area contributed by atoms with Gasteiger partial charge in [-0.25, -0.2) is 4.79 Å². The van der Waals surface area contributed by atoms with E-state index in [0.29, 0.717) is 37.2 Å². The lowest BCUT2D eigenvalue weighted by Gasteiger charge is -2.30. The summed E-state index contributed by atoms with van der Waals surface area (Å²) in [7, 11) is 0. The lowest BCUT2D eigenvalue weighted by molar-refractivity contribution is -0.159. The van der Waals surface area contributed by atoms with E-state index < -0.39 is 24.0 Å². The number of carbonyl (C=O) groups excluding carboxylic acids is 1. The number of rotatable bonds is 3. The zero-order chi connectivity index (χ0) is 19.6. The Labute approximate surface area is 151 Å². The maximum atomic E-state index is 12.5. The monoisotopic (exact) mass is 384 g/mol. The Balaban J connectivity index is 1.60. The summed E-state index contributed by atoms with van der Waals surface area (Å²) < 4.78 is 41.6. The number of carboxylic acid groups (broad SMARTS) is 1. The second kappa shape index (κ2) is 7.25. The Morgan fingerprint density at radius 3 is 2.33 bits per heavy atom. The predicted octanol–water partition coefficient (Wildman–Crippen LogP) is 3.08. The smallest absolute Gasteiger partial charge is 0.471 e. The molecule has 0 unspecified atom stereocenters. The number of benzene rings is 1. The number of hydrogen-bond donors (Lipinski definition) is 2. The van der Waals surface area contributed by atoms with Crippen molar-refractivity contribution < 1.29 is 32.4 Å². The van der Waals surface area contributed by atoms with Crippen LogP contribution in [0.2, 0.25) is 0 Å². The molecule has 1 fully saturated rings. The van der Waals surface area contributed by atoms with Crippen molar-refractivity contribution in [2.24, 2.45) is 5.92 Å². The first kappa shape index (κ1) is 18.7. The van der Waals surface area contributed by atoms with Crippen LogP contribution in [-0.4, -0.2) is 45.2 Å². The molecule has 1 aromatic heterocycles. The molecule has 0 bridgehead atoms. The van der Waals surface area contributed by atoms with Crippen molar-refractivity contribution in [3.05, 3.63) is 30.2 Å². The Kier molecular flexibility index (Phi) is 5.02. The van der Waals surface area contributed by atoms with Crippen LogP contribution >= 0.6 is 0 Å². The third-order valence-corrected chi connectivity index (χ3v) is 4.19. The first-order chi connectivity index (χ1) is 12.7. The third-order valence-electron chi connectivity index (χ3n) is 4.19. The molecule has 2 aromatic rings. The molecule has 0 radical (unpaired) electrons. The van der Waals surface area contributed by atoms with Gasteiger partial charge in [-0.05, 0) is 37.1 Å². The molecule has 11 heteroatoms. The number of likely N-dealkylation sites (tertiary alicyclic amines) is 1. The second-order valence-corrected chi connectivity index (χ2v) is 6.03. The number of carboxylic acids is 1. The number of nitrogens with one attached hydrogen (secondary N) is 1. The van der Waals surface area contributed by atoms with Gasteiger partial charge in [-0.2, -0.15) is 18.2 Å². The quantitative estimate of drug-likeness (QED) is 0.842. The number of carbonyl (C=O) groups is 2. The van der Waals surface area contributed by atoms with Crippen molar-refractivity contribution in [2.75, 3.05) is 18.4 Å². The van der Waals surface area contributed by atoms with Crippen molar-refractivity contribution in [1.82, 2.24) is 15.0 Å². The van der Waals surface area contributed by atoms with E-state index in [9.17, 15) is 22.8 Å². The molecule has 2 amide bonds. The van der Waals surface area contributed by atoms with Crippen LogP contribution in [0, 0.1) is 5.92 Å². The number of hydrogen-bond acceptors (Lipinski definition) is 5. The molecule has 2 N–H and O–H groups in total. The largest absolute Gasteiger partial charge is 0.481 e. The molecule has 1 aliphatic heterocycles. The molecule has 0 spiro atoms. The molecular formula is C16H15F3N4O4. The molecular weight excluding hydrogens is 369 g/mol. The maximum absolute atomic E-state index is 12.5. The summed E-state index contributed by atoms with van der Waals surface area (Å²) in [6.07, 6.45) is -3.94. The zero-order valence-electron chi connectivity index (χ0n) is 13.9. The van der Waals surface area contributed by atoms with E-state index in [-0.39, 0.29) is 11.9 Å². The van der Waals surface area contributed by atoms with E-state index in [4.69, 9.17) is 5.11 Å². The van der Waals surface area contributed by atoms with E-state index in [1.807, 2.05) is 0 Å². The highest BCUT2D eigenvalue weighted by Crippen LogP contribution is 2.29. The molecule has 1 aliphatic rings. The highest BCUT2D eigenvalue weighted by atomic mass is 19.4. The SMILES string of the molecule is O=C(O)C1CCN(C(=O)Nc2ccc(-c3noc(C(F)(F)F)n3)cc2)CC1. The summed E-state index contributed by atoms with van der Waals surface area (Å²) in [5.74, 6) is -2.94. The van der Waals surface area contributed by atoms with Gasteiger partial charge in [0, 0.05) is 24.3 Å². The summed E-state index contributed by atoms with van der Waals surface area (Å²) in [6.45, 7) is 0.675. The molecule has 27 heavy (non-hydrogen) atoms. The number of amides is 2. The number of anilines is 1. The Morgan fingerprint density at radius 1 is 1.19 bits per heavy atom. The minimum atomic E-state index is -4.72. The van der Waals surface area contributed by atoms with Crippen molar-refractivity contribution >= 4 is 17.7 Å². The topological polar surface area (TPSA) is 109 Å². The molecule has 0 saturated carbocycles. The van der Waals surface area contributed by atoms with Crippen molar-refractivity contribution in [3.8, 4) is 11.4 Å². The first-order valence-electron chi connectivity index (χ1n) is 8.04. The van der Waals surface area contributed by atoms with Crippen LogP contribution in [0.5, 0.6) is 0 Å². The molecule has 3 rings (SSSR count). The summed E-state index contributed by atoms with van der Waals surface area (Å²) in [5.41, 5.74) is 0.734. The predicted molar refractivity (Wildman–Crippen MR) is 85.7 cm³/mol. The Bertz CT molecular complexity index is 827. The zero-order valence-corrected chi connectivity index (χ0v) is 13.9. The van der Waals surface area contributed by atoms with Crippen LogP contribution in [0.1, 0.15) is 18.7 Å². The van der Waals surface area contributed by atoms with Gasteiger partial charge in [-0.15, -0.1) is 0 Å². The van der Waals surface area contributed by atoms with Crippen LogP contribution in [0.4, 0.5) is 23.7 Å². The van der Waals surface area contributed by atoms with Crippen LogP contribution in [-0.2, 0) is 11.0 Å². The molecule has 0 aliphatic carbocycles. The van der Waals surface area contributed by atoms with Gasteiger partial charge in [0.05, 0.1) is 5.92 Å². The fourth-order valence-corrected chi connectivity index (χ4v) is 2.69. The fourth-order valence-electron chi connectivity index (χ4n) is 2.69. The number of nitrogens with zero attached hydrogens (tertiary/aromatic N) is 3. The van der Waals surface area contributed by atoms with Crippen molar-refractivity contribution in [2.45, 2.75) is 19.0 Å². The molecule has 2 heterocycles. The highest BCUT2D eigenvalue weighted by molar-refractivity contribution is 5.89. The molecule has 144 valence electrons. The number of aromatic nitrogens is 2. The van der Waals surface area contributed by atoms with Crippen molar-refractivity contribution in [3.63, 3.8) is 0 Å². The second-order valence-electron chi connectivity index (χ2n) is 6.03. The van der Waals surface area contributed by atoms with Crippen LogP contribution in [0.3, 0.4) is 0 Å². The number of alkyl halides is 3. The van der Waals surface area contributed by atoms with E-state index in [2.05, 4.69) is 20.0 Å². The number of halogens is 3. The number of aliphatic carboxylic acids is 1. The highest BCUT2D eigenvalue weighted by Gasteiger charge is 2.38. The van der Waals surface area contributed by atoms with Gasteiger partial charge in [0.2, 0.25) is 5.82 Å². The van der Waals surface area contributed by atoms with Crippen molar-refractivity contribution in [1.29, 1.82) is 0 Å². The van der Waals surface area contributed by atoms with Crippen LogP contribution < -0.4 is 5.32 Å². The average Bonchev–Trinajstić information content (AvgIpc) is 3.13.